The van der Waals surface area contributed by atoms with Crippen LogP contribution in [-0.2, 0) is 0 Å². The van der Waals surface area contributed by atoms with Crippen molar-refractivity contribution in [2.45, 2.75) is 155 Å². The Morgan fingerprint density at radius 2 is 0.519 bits per heavy atom. The number of unbranched alkanes of at least 4 members (excludes halogenated alkanes) is 20. The smallest absolute Gasteiger partial charge is 0.0287 e. The molecular weight excluding hydrogens is 343 g/mol. The van der Waals surface area contributed by atoms with Crippen LogP contribution in [0.3, 0.4) is 0 Å². The molecule has 0 rings (SSSR count). The molecule has 0 aliphatic heterocycles. The first kappa shape index (κ1) is 27.4. The van der Waals surface area contributed by atoms with E-state index in [4.69, 9.17) is 0 Å². The van der Waals surface area contributed by atoms with E-state index < -0.39 is 0 Å². The van der Waals surface area contributed by atoms with Crippen LogP contribution >= 0.6 is 8.58 Å². The van der Waals surface area contributed by atoms with Gasteiger partial charge >= 0.3 is 0 Å². The van der Waals surface area contributed by atoms with Gasteiger partial charge in [-0.2, -0.15) is 0 Å². The normalized spacial score (nSPS) is 11.3. The van der Waals surface area contributed by atoms with E-state index in [1.54, 1.807) is 8.58 Å². The maximum atomic E-state index is 2.30. The van der Waals surface area contributed by atoms with Gasteiger partial charge < -0.3 is 0 Å². The standard InChI is InChI=1S/C26H54P/c1-3-5-7-9-11-13-15-17-19-21-23-25-27-26-24-22-20-18-16-14-12-10-8-6-4-2/h3-26H2,1-2H3. The van der Waals surface area contributed by atoms with Crippen LogP contribution in [-0.4, -0.2) is 12.3 Å². The fourth-order valence-electron chi connectivity index (χ4n) is 3.89. The molecule has 0 aliphatic rings. The molecule has 1 heteroatoms. The quantitative estimate of drug-likeness (QED) is 0.112. The fraction of sp³-hybridized carbons (Fsp3) is 1.00. The zero-order chi connectivity index (χ0) is 19.7. The van der Waals surface area contributed by atoms with Gasteiger partial charge in [-0.25, -0.2) is 0 Å². The molecule has 0 heterocycles. The van der Waals surface area contributed by atoms with Gasteiger partial charge in [-0.05, 0) is 25.2 Å². The van der Waals surface area contributed by atoms with Crippen molar-refractivity contribution in [1.29, 1.82) is 0 Å². The topological polar surface area (TPSA) is 0 Å². The van der Waals surface area contributed by atoms with E-state index in [1.807, 2.05) is 0 Å². The summed E-state index contributed by atoms with van der Waals surface area (Å²) in [5.74, 6) is 0. The lowest BCUT2D eigenvalue weighted by Crippen LogP contribution is -1.86. The third-order valence-corrected chi connectivity index (χ3v) is 7.10. The summed E-state index contributed by atoms with van der Waals surface area (Å²) in [5.41, 5.74) is 0. The van der Waals surface area contributed by atoms with Gasteiger partial charge in [-0.1, -0.05) is 151 Å². The first-order chi connectivity index (χ1) is 13.4. The molecule has 0 atom stereocenters. The minimum atomic E-state index is 1.37. The molecule has 1 radical (unpaired) electrons. The van der Waals surface area contributed by atoms with Crippen molar-refractivity contribution in [2.24, 2.45) is 0 Å². The predicted octanol–water partition coefficient (Wildman–Crippen LogP) is 10.6. The Labute approximate surface area is 176 Å². The Morgan fingerprint density at radius 3 is 0.778 bits per heavy atom. The van der Waals surface area contributed by atoms with Crippen molar-refractivity contribution in [3.63, 3.8) is 0 Å². The molecule has 0 amide bonds. The highest BCUT2D eigenvalue weighted by molar-refractivity contribution is 7.37. The second-order valence-corrected chi connectivity index (χ2v) is 10.1. The Morgan fingerprint density at radius 1 is 0.296 bits per heavy atom. The molecule has 0 aromatic rings. The molecule has 0 aromatic heterocycles. The SMILES string of the molecule is CCCCCCCCCCCCC[P]CCCCCCCCCCCCC. The van der Waals surface area contributed by atoms with Gasteiger partial charge in [-0.15, -0.1) is 0 Å². The molecule has 27 heavy (non-hydrogen) atoms. The molecule has 0 unspecified atom stereocenters. The number of hydrogen-bond donors (Lipinski definition) is 0. The molecule has 0 fully saturated rings. The van der Waals surface area contributed by atoms with Crippen molar-refractivity contribution in [3.8, 4) is 0 Å². The van der Waals surface area contributed by atoms with E-state index in [0.29, 0.717) is 0 Å². The maximum Gasteiger partial charge on any atom is -0.0287 e. The molecule has 0 aliphatic carbocycles. The molecule has 0 nitrogen and oxygen atoms in total. The highest BCUT2D eigenvalue weighted by atomic mass is 31.1. The van der Waals surface area contributed by atoms with Crippen LogP contribution in [0.5, 0.6) is 0 Å². The molecule has 0 spiro atoms. The first-order valence-corrected chi connectivity index (χ1v) is 14.3. The van der Waals surface area contributed by atoms with E-state index >= 15 is 0 Å². The van der Waals surface area contributed by atoms with Gasteiger partial charge in [0.25, 0.3) is 0 Å². The second kappa shape index (κ2) is 26.4. The van der Waals surface area contributed by atoms with Crippen molar-refractivity contribution in [2.75, 3.05) is 12.3 Å². The highest BCUT2D eigenvalue weighted by Gasteiger charge is 1.96. The Kier molecular flexibility index (Phi) is 26.9. The van der Waals surface area contributed by atoms with E-state index in [1.165, 1.54) is 154 Å². The van der Waals surface area contributed by atoms with Gasteiger partial charge in [0, 0.05) is 0 Å². The second-order valence-electron chi connectivity index (χ2n) is 8.74. The molecule has 0 saturated heterocycles. The average molecular weight is 398 g/mol. The van der Waals surface area contributed by atoms with Crippen LogP contribution in [0.4, 0.5) is 0 Å². The van der Waals surface area contributed by atoms with Crippen LogP contribution < -0.4 is 0 Å². The summed E-state index contributed by atoms with van der Waals surface area (Å²) in [7, 11) is 1.73. The lowest BCUT2D eigenvalue weighted by Gasteiger charge is -2.04. The Hall–Kier alpha value is 0.430. The minimum absolute atomic E-state index is 1.37. The number of hydrogen-bond acceptors (Lipinski definition) is 0. The van der Waals surface area contributed by atoms with Crippen LogP contribution in [0.25, 0.3) is 0 Å². The molecule has 0 N–H and O–H groups in total. The molecule has 0 aromatic carbocycles. The summed E-state index contributed by atoms with van der Waals surface area (Å²) in [5, 5.41) is 0. The first-order valence-electron chi connectivity index (χ1n) is 13.0. The van der Waals surface area contributed by atoms with Gasteiger partial charge in [0.15, 0.2) is 0 Å². The fourth-order valence-corrected chi connectivity index (χ4v) is 5.01. The Bertz CT molecular complexity index is 214. The molecular formula is C26H54P. The number of rotatable bonds is 24. The van der Waals surface area contributed by atoms with E-state index in [0.717, 1.165) is 0 Å². The van der Waals surface area contributed by atoms with Gasteiger partial charge in [0.05, 0.1) is 0 Å². The predicted molar refractivity (Wildman–Crippen MR) is 130 cm³/mol. The van der Waals surface area contributed by atoms with Crippen molar-refractivity contribution in [3.05, 3.63) is 0 Å². The van der Waals surface area contributed by atoms with Crippen molar-refractivity contribution < 1.29 is 0 Å². The highest BCUT2D eigenvalue weighted by Crippen LogP contribution is 2.19. The van der Waals surface area contributed by atoms with Crippen LogP contribution in [0, 0.1) is 0 Å². The van der Waals surface area contributed by atoms with Crippen LogP contribution in [0.1, 0.15) is 155 Å². The summed E-state index contributed by atoms with van der Waals surface area (Å²) in [4.78, 5) is 0. The van der Waals surface area contributed by atoms with Crippen LogP contribution in [0.2, 0.25) is 0 Å². The summed E-state index contributed by atoms with van der Waals surface area (Å²) >= 11 is 0. The zero-order valence-electron chi connectivity index (χ0n) is 19.4. The zero-order valence-corrected chi connectivity index (χ0v) is 20.3. The van der Waals surface area contributed by atoms with Gasteiger partial charge in [0.1, 0.15) is 0 Å². The average Bonchev–Trinajstić information content (AvgIpc) is 2.68. The van der Waals surface area contributed by atoms with E-state index in [2.05, 4.69) is 13.8 Å². The summed E-state index contributed by atoms with van der Waals surface area (Å²) < 4.78 is 0. The lowest BCUT2D eigenvalue weighted by atomic mass is 10.1. The Balaban J connectivity index is 2.95. The van der Waals surface area contributed by atoms with Crippen molar-refractivity contribution >= 4 is 8.58 Å². The minimum Gasteiger partial charge on any atom is -0.0810 e. The monoisotopic (exact) mass is 397 g/mol. The van der Waals surface area contributed by atoms with E-state index in [-0.39, 0.29) is 0 Å². The van der Waals surface area contributed by atoms with E-state index in [9.17, 15) is 0 Å². The summed E-state index contributed by atoms with van der Waals surface area (Å²) in [6, 6.07) is 0. The maximum absolute atomic E-state index is 2.30. The third kappa shape index (κ3) is 26.4. The van der Waals surface area contributed by atoms with Crippen LogP contribution in [0.15, 0.2) is 0 Å². The summed E-state index contributed by atoms with van der Waals surface area (Å²) in [6.07, 6.45) is 35.3. The van der Waals surface area contributed by atoms with Gasteiger partial charge in [-0.3, -0.25) is 0 Å². The summed E-state index contributed by atoms with van der Waals surface area (Å²) in [6.45, 7) is 4.61. The largest absolute Gasteiger partial charge is 0.0810 e. The van der Waals surface area contributed by atoms with Crippen molar-refractivity contribution in [1.82, 2.24) is 0 Å². The molecule has 0 saturated carbocycles. The molecule has 0 bridgehead atoms. The third-order valence-electron chi connectivity index (χ3n) is 5.84. The van der Waals surface area contributed by atoms with Gasteiger partial charge in [0.2, 0.25) is 0 Å². The molecule has 163 valence electrons. The lowest BCUT2D eigenvalue weighted by molar-refractivity contribution is 0.554.